The second-order valence-corrected chi connectivity index (χ2v) is 9.15. The molecular weight excluding hydrogens is 456 g/mol. The van der Waals surface area contributed by atoms with Crippen LogP contribution in [0.25, 0.3) is 0 Å². The van der Waals surface area contributed by atoms with Crippen LogP contribution in [0, 0.1) is 6.92 Å². The van der Waals surface area contributed by atoms with Crippen molar-refractivity contribution in [2.24, 2.45) is 0 Å². The van der Waals surface area contributed by atoms with Crippen LogP contribution in [0.4, 0.5) is 4.79 Å². The molecule has 0 aliphatic rings. The van der Waals surface area contributed by atoms with Gasteiger partial charge >= 0.3 is 6.16 Å². The van der Waals surface area contributed by atoms with Gasteiger partial charge in [-0.25, -0.2) is 17.9 Å². The van der Waals surface area contributed by atoms with E-state index in [1.54, 1.807) is 6.92 Å². The average Bonchev–Trinajstić information content (AvgIpc) is 3.09. The van der Waals surface area contributed by atoms with Crippen molar-refractivity contribution in [3.63, 3.8) is 0 Å². The fourth-order valence-corrected chi connectivity index (χ4v) is 3.97. The molecule has 0 spiro atoms. The Kier molecular flexibility index (Phi) is 8.83. The van der Waals surface area contributed by atoms with Crippen LogP contribution in [-0.2, 0) is 25.9 Å². The number of carbonyl (C=O) groups is 2. The summed E-state index contributed by atoms with van der Waals surface area (Å²) >= 11 is 0. The van der Waals surface area contributed by atoms with Crippen LogP contribution in [0.15, 0.2) is 23.2 Å². The highest BCUT2D eigenvalue weighted by atomic mass is 32.2. The third-order valence-electron chi connectivity index (χ3n) is 4.56. The van der Waals surface area contributed by atoms with Gasteiger partial charge in [0.15, 0.2) is 15.6 Å². The maximum Gasteiger partial charge on any atom is 0.508 e. The third-order valence-corrected chi connectivity index (χ3v) is 5.68. The quantitative estimate of drug-likeness (QED) is 0.207. The molecule has 1 atom stereocenters. The standard InChI is InChI=1S/C21H28N2O9S/c1-6-9-23-20(31-14(3)32-21(25)26)16(12-22-23)18(24)15-7-8-17(33(5,27)28)19(13(15)2)30-11-10-29-4/h7-8,12,14H,6,9-11H2,1-5H3,(H,25,26). The lowest BCUT2D eigenvalue weighted by Crippen LogP contribution is -2.22. The number of rotatable bonds is 12. The van der Waals surface area contributed by atoms with Gasteiger partial charge in [-0.05, 0) is 25.5 Å². The number of sulfone groups is 1. The Bertz CT molecular complexity index is 1110. The van der Waals surface area contributed by atoms with Crippen LogP contribution in [0.2, 0.25) is 0 Å². The van der Waals surface area contributed by atoms with Crippen molar-refractivity contribution in [2.75, 3.05) is 26.6 Å². The number of hydrogen-bond donors (Lipinski definition) is 1. The summed E-state index contributed by atoms with van der Waals surface area (Å²) in [5.41, 5.74) is 0.577. The van der Waals surface area contributed by atoms with Crippen molar-refractivity contribution < 1.29 is 42.1 Å². The summed E-state index contributed by atoms with van der Waals surface area (Å²) in [7, 11) is -2.15. The molecule has 2 aromatic rings. The Balaban J connectivity index is 2.54. The molecule has 0 aliphatic heterocycles. The molecule has 1 aromatic heterocycles. The summed E-state index contributed by atoms with van der Waals surface area (Å²) in [5, 5.41) is 13.0. The summed E-state index contributed by atoms with van der Waals surface area (Å²) in [6, 6.07) is 2.71. The molecule has 0 saturated heterocycles. The number of ether oxygens (including phenoxy) is 4. The predicted octanol–water partition coefficient (Wildman–Crippen LogP) is 2.68. The van der Waals surface area contributed by atoms with Crippen molar-refractivity contribution in [1.29, 1.82) is 0 Å². The number of aromatic nitrogens is 2. The minimum Gasteiger partial charge on any atom is -0.490 e. The first-order valence-corrected chi connectivity index (χ1v) is 12.0. The van der Waals surface area contributed by atoms with Crippen LogP contribution < -0.4 is 9.47 Å². The molecule has 1 N–H and O–H groups in total. The van der Waals surface area contributed by atoms with Gasteiger partial charge in [0.1, 0.15) is 22.8 Å². The molecule has 12 heteroatoms. The highest BCUT2D eigenvalue weighted by Crippen LogP contribution is 2.33. The highest BCUT2D eigenvalue weighted by molar-refractivity contribution is 7.90. The van der Waals surface area contributed by atoms with Gasteiger partial charge in [-0.2, -0.15) is 5.10 Å². The van der Waals surface area contributed by atoms with Gasteiger partial charge in [0, 0.05) is 38.0 Å². The van der Waals surface area contributed by atoms with Crippen LogP contribution in [0.3, 0.4) is 0 Å². The molecule has 2 rings (SSSR count). The van der Waals surface area contributed by atoms with Crippen molar-refractivity contribution >= 4 is 21.8 Å². The van der Waals surface area contributed by atoms with E-state index in [9.17, 15) is 18.0 Å². The van der Waals surface area contributed by atoms with E-state index in [1.807, 2.05) is 6.92 Å². The second-order valence-electron chi connectivity index (χ2n) is 7.16. The molecule has 0 bridgehead atoms. The van der Waals surface area contributed by atoms with Gasteiger partial charge in [0.2, 0.25) is 12.2 Å². The number of carbonyl (C=O) groups excluding carboxylic acids is 1. The smallest absolute Gasteiger partial charge is 0.490 e. The molecule has 0 saturated carbocycles. The molecule has 0 radical (unpaired) electrons. The number of aryl methyl sites for hydroxylation is 1. The Hall–Kier alpha value is -3.12. The SMILES string of the molecule is CCCn1ncc(C(=O)c2ccc(S(C)(=O)=O)c(OCCOC)c2C)c1OC(C)OC(=O)O. The largest absolute Gasteiger partial charge is 0.508 e. The van der Waals surface area contributed by atoms with Crippen LogP contribution >= 0.6 is 0 Å². The molecule has 0 fully saturated rings. The Labute approximate surface area is 192 Å². The first kappa shape index (κ1) is 26.1. The minimum atomic E-state index is -3.63. The molecule has 1 heterocycles. The second kappa shape index (κ2) is 11.1. The van der Waals surface area contributed by atoms with Gasteiger partial charge in [-0.3, -0.25) is 4.79 Å². The van der Waals surface area contributed by atoms with E-state index in [0.29, 0.717) is 18.5 Å². The third kappa shape index (κ3) is 6.45. The van der Waals surface area contributed by atoms with Crippen LogP contribution in [0.1, 0.15) is 41.8 Å². The molecule has 33 heavy (non-hydrogen) atoms. The van der Waals surface area contributed by atoms with Gasteiger partial charge in [-0.1, -0.05) is 6.92 Å². The fraction of sp³-hybridized carbons (Fsp3) is 0.476. The van der Waals surface area contributed by atoms with E-state index < -0.39 is 28.1 Å². The lowest BCUT2D eigenvalue weighted by molar-refractivity contribution is -0.0452. The maximum absolute atomic E-state index is 13.4. The van der Waals surface area contributed by atoms with Crippen molar-refractivity contribution in [1.82, 2.24) is 9.78 Å². The zero-order chi connectivity index (χ0) is 24.8. The molecule has 0 amide bonds. The average molecular weight is 485 g/mol. The van der Waals surface area contributed by atoms with E-state index in [4.69, 9.17) is 19.3 Å². The number of nitrogens with zero attached hydrogens (tertiary/aromatic N) is 2. The Morgan fingerprint density at radius 2 is 1.91 bits per heavy atom. The van der Waals surface area contributed by atoms with Gasteiger partial charge in [0.05, 0.1) is 12.8 Å². The lowest BCUT2D eigenvalue weighted by Gasteiger charge is -2.17. The first-order valence-electron chi connectivity index (χ1n) is 10.1. The van der Waals surface area contributed by atoms with E-state index in [1.165, 1.54) is 37.0 Å². The zero-order valence-corrected chi connectivity index (χ0v) is 20.0. The van der Waals surface area contributed by atoms with Crippen molar-refractivity contribution in [2.45, 2.75) is 44.9 Å². The summed E-state index contributed by atoms with van der Waals surface area (Å²) in [6.45, 7) is 5.59. The number of hydrogen-bond acceptors (Lipinski definition) is 9. The molecule has 11 nitrogen and oxygen atoms in total. The zero-order valence-electron chi connectivity index (χ0n) is 19.2. The van der Waals surface area contributed by atoms with Gasteiger partial charge < -0.3 is 24.1 Å². The maximum atomic E-state index is 13.4. The lowest BCUT2D eigenvalue weighted by atomic mass is 10.00. The predicted molar refractivity (Wildman–Crippen MR) is 117 cm³/mol. The number of ketones is 1. The fourth-order valence-electron chi connectivity index (χ4n) is 3.10. The Morgan fingerprint density at radius 1 is 1.21 bits per heavy atom. The monoisotopic (exact) mass is 484 g/mol. The molecule has 1 unspecified atom stereocenters. The van der Waals surface area contributed by atoms with Gasteiger partial charge in [-0.15, -0.1) is 0 Å². The molecule has 0 aliphatic carbocycles. The highest BCUT2D eigenvalue weighted by Gasteiger charge is 2.27. The first-order chi connectivity index (χ1) is 15.5. The summed E-state index contributed by atoms with van der Waals surface area (Å²) < 4.78 is 46.7. The van der Waals surface area contributed by atoms with E-state index in [2.05, 4.69) is 9.84 Å². The molecule has 1 aromatic carbocycles. The van der Waals surface area contributed by atoms with Crippen LogP contribution in [0.5, 0.6) is 11.6 Å². The van der Waals surface area contributed by atoms with E-state index >= 15 is 0 Å². The summed E-state index contributed by atoms with van der Waals surface area (Å²) in [5.74, 6) is -0.389. The minimum absolute atomic E-state index is 0.0454. The van der Waals surface area contributed by atoms with Crippen molar-refractivity contribution in [3.05, 3.63) is 35.0 Å². The number of benzene rings is 1. The molecule has 182 valence electrons. The topological polar surface area (TPSA) is 143 Å². The summed E-state index contributed by atoms with van der Waals surface area (Å²) in [4.78, 5) is 24.2. The molecular formula is C21H28N2O9S. The normalized spacial score (nSPS) is 12.3. The number of carboxylic acid groups (broad SMARTS) is 1. The van der Waals surface area contributed by atoms with E-state index in [-0.39, 0.29) is 40.9 Å². The van der Waals surface area contributed by atoms with E-state index in [0.717, 1.165) is 6.26 Å². The summed E-state index contributed by atoms with van der Waals surface area (Å²) in [6.07, 6.45) is 0.331. The van der Waals surface area contributed by atoms with Gasteiger partial charge in [0.25, 0.3) is 0 Å². The van der Waals surface area contributed by atoms with Crippen LogP contribution in [-0.4, -0.2) is 68.1 Å². The number of methoxy groups -OCH3 is 1. The van der Waals surface area contributed by atoms with Crippen molar-refractivity contribution in [3.8, 4) is 11.6 Å². The Morgan fingerprint density at radius 3 is 2.48 bits per heavy atom.